The van der Waals surface area contributed by atoms with E-state index in [-0.39, 0.29) is 22.2 Å². The average molecular weight is 306 g/mol. The first kappa shape index (κ1) is 14.5. The number of rotatable bonds is 2. The van der Waals surface area contributed by atoms with Crippen LogP contribution in [0.1, 0.15) is 5.56 Å². The van der Waals surface area contributed by atoms with E-state index >= 15 is 0 Å². The van der Waals surface area contributed by atoms with Crippen LogP contribution < -0.4 is 10.5 Å². The molecule has 2 aromatic carbocycles. The first-order chi connectivity index (χ1) is 9.27. The van der Waals surface area contributed by atoms with Crippen LogP contribution in [0.2, 0.25) is 5.02 Å². The minimum atomic E-state index is -4.48. The van der Waals surface area contributed by atoms with Crippen molar-refractivity contribution < 1.29 is 22.3 Å². The van der Waals surface area contributed by atoms with Crippen molar-refractivity contribution in [1.82, 2.24) is 0 Å². The van der Waals surface area contributed by atoms with Crippen LogP contribution >= 0.6 is 11.6 Å². The van der Waals surface area contributed by atoms with Gasteiger partial charge in [-0.25, -0.2) is 4.39 Å². The van der Waals surface area contributed by atoms with Crippen molar-refractivity contribution in [1.29, 1.82) is 0 Å². The third-order valence-electron chi connectivity index (χ3n) is 2.44. The predicted octanol–water partition coefficient (Wildman–Crippen LogP) is 4.87. The molecule has 0 aliphatic carbocycles. The Labute approximate surface area is 116 Å². The van der Waals surface area contributed by atoms with E-state index in [1.807, 2.05) is 0 Å². The second-order valence-electron chi connectivity index (χ2n) is 3.93. The summed E-state index contributed by atoms with van der Waals surface area (Å²) in [5.41, 5.74) is 4.59. The molecule has 0 radical (unpaired) electrons. The molecule has 2 rings (SSSR count). The van der Waals surface area contributed by atoms with Gasteiger partial charge in [0, 0.05) is 12.1 Å². The smallest absolute Gasteiger partial charge is 0.416 e. The molecule has 0 saturated carbocycles. The van der Waals surface area contributed by atoms with Crippen molar-refractivity contribution in [3.05, 3.63) is 52.8 Å². The molecule has 20 heavy (non-hydrogen) atoms. The van der Waals surface area contributed by atoms with Gasteiger partial charge in [-0.1, -0.05) is 17.7 Å². The quantitative estimate of drug-likeness (QED) is 0.634. The number of halogens is 5. The van der Waals surface area contributed by atoms with Gasteiger partial charge in [0.25, 0.3) is 0 Å². The number of hydrogen-bond acceptors (Lipinski definition) is 2. The van der Waals surface area contributed by atoms with Crippen LogP contribution in [0.4, 0.5) is 23.2 Å². The van der Waals surface area contributed by atoms with Crippen LogP contribution in [0.5, 0.6) is 11.5 Å². The van der Waals surface area contributed by atoms with Crippen LogP contribution in [0.15, 0.2) is 36.4 Å². The Morgan fingerprint density at radius 1 is 1.10 bits per heavy atom. The molecule has 0 unspecified atom stereocenters. The van der Waals surface area contributed by atoms with Crippen molar-refractivity contribution in [3.63, 3.8) is 0 Å². The minimum absolute atomic E-state index is 0.0178. The zero-order valence-corrected chi connectivity index (χ0v) is 10.6. The molecule has 2 nitrogen and oxygen atoms in total. The van der Waals surface area contributed by atoms with E-state index in [1.54, 1.807) is 0 Å². The fraction of sp³-hybridized carbons (Fsp3) is 0.0769. The highest BCUT2D eigenvalue weighted by molar-refractivity contribution is 6.31. The van der Waals surface area contributed by atoms with Crippen molar-refractivity contribution >= 4 is 17.3 Å². The van der Waals surface area contributed by atoms with Crippen molar-refractivity contribution in [2.75, 3.05) is 5.73 Å². The van der Waals surface area contributed by atoms with Gasteiger partial charge < -0.3 is 10.5 Å². The minimum Gasteiger partial charge on any atom is -0.455 e. The second kappa shape index (κ2) is 5.20. The number of anilines is 1. The van der Waals surface area contributed by atoms with Gasteiger partial charge >= 0.3 is 6.18 Å². The van der Waals surface area contributed by atoms with E-state index in [1.165, 1.54) is 12.1 Å². The van der Waals surface area contributed by atoms with Crippen molar-refractivity contribution in [3.8, 4) is 11.5 Å². The predicted molar refractivity (Wildman–Crippen MR) is 67.3 cm³/mol. The van der Waals surface area contributed by atoms with Crippen LogP contribution in [0, 0.1) is 5.82 Å². The summed E-state index contributed by atoms with van der Waals surface area (Å²) in [5.74, 6) is -0.828. The summed E-state index contributed by atoms with van der Waals surface area (Å²) in [4.78, 5) is 0. The van der Waals surface area contributed by atoms with Gasteiger partial charge in [0.05, 0.1) is 16.3 Å². The lowest BCUT2D eigenvalue weighted by Crippen LogP contribution is -2.04. The van der Waals surface area contributed by atoms with Crippen molar-refractivity contribution in [2.45, 2.75) is 6.18 Å². The fourth-order valence-corrected chi connectivity index (χ4v) is 1.65. The summed E-state index contributed by atoms with van der Waals surface area (Å²) in [7, 11) is 0. The average Bonchev–Trinajstić information content (AvgIpc) is 2.35. The molecule has 0 spiro atoms. The van der Waals surface area contributed by atoms with E-state index in [9.17, 15) is 17.6 Å². The maximum Gasteiger partial charge on any atom is 0.416 e. The molecule has 0 amide bonds. The lowest BCUT2D eigenvalue weighted by atomic mass is 10.2. The standard InChI is InChI=1S/C13H8ClF4NO/c14-9-5-12(11(19)6-10(9)15)20-8-3-1-2-7(4-8)13(16,17)18/h1-6H,19H2. The highest BCUT2D eigenvalue weighted by Gasteiger charge is 2.30. The highest BCUT2D eigenvalue weighted by atomic mass is 35.5. The van der Waals surface area contributed by atoms with E-state index < -0.39 is 17.6 Å². The number of alkyl halides is 3. The first-order valence-corrected chi connectivity index (χ1v) is 5.75. The van der Waals surface area contributed by atoms with Gasteiger partial charge in [0.1, 0.15) is 11.6 Å². The van der Waals surface area contributed by atoms with Gasteiger partial charge in [0.15, 0.2) is 5.75 Å². The van der Waals surface area contributed by atoms with E-state index in [0.29, 0.717) is 0 Å². The van der Waals surface area contributed by atoms with Crippen molar-refractivity contribution in [2.24, 2.45) is 0 Å². The lowest BCUT2D eigenvalue weighted by Gasteiger charge is -2.11. The molecular formula is C13H8ClF4NO. The molecule has 0 aromatic heterocycles. The van der Waals surface area contributed by atoms with Gasteiger partial charge in [-0.05, 0) is 18.2 Å². The van der Waals surface area contributed by atoms with Crippen LogP contribution in [0.25, 0.3) is 0 Å². The monoisotopic (exact) mass is 305 g/mol. The number of benzene rings is 2. The van der Waals surface area contributed by atoms with Gasteiger partial charge in [-0.2, -0.15) is 13.2 Å². The fourth-order valence-electron chi connectivity index (χ4n) is 1.50. The molecule has 2 N–H and O–H groups in total. The van der Waals surface area contributed by atoms with E-state index in [2.05, 4.69) is 0 Å². The van der Waals surface area contributed by atoms with Gasteiger partial charge in [0.2, 0.25) is 0 Å². The van der Waals surface area contributed by atoms with E-state index in [0.717, 1.165) is 24.3 Å². The Hall–Kier alpha value is -1.95. The summed E-state index contributed by atoms with van der Waals surface area (Å²) >= 11 is 5.57. The molecule has 2 aromatic rings. The molecule has 0 heterocycles. The molecule has 0 atom stereocenters. The number of nitrogen functional groups attached to an aromatic ring is 1. The maximum atomic E-state index is 13.1. The Balaban J connectivity index is 2.33. The molecule has 106 valence electrons. The molecule has 0 fully saturated rings. The summed E-state index contributed by atoms with van der Waals surface area (Å²) < 4.78 is 56.0. The number of hydrogen-bond donors (Lipinski definition) is 1. The Morgan fingerprint density at radius 2 is 1.80 bits per heavy atom. The van der Waals surface area contributed by atoms with Crippen LogP contribution in [0.3, 0.4) is 0 Å². The largest absolute Gasteiger partial charge is 0.455 e. The highest BCUT2D eigenvalue weighted by Crippen LogP contribution is 2.35. The lowest BCUT2D eigenvalue weighted by molar-refractivity contribution is -0.137. The summed E-state index contributed by atoms with van der Waals surface area (Å²) in [6.07, 6.45) is -4.48. The Kier molecular flexibility index (Phi) is 3.76. The normalized spacial score (nSPS) is 11.4. The van der Waals surface area contributed by atoms with Gasteiger partial charge in [-0.15, -0.1) is 0 Å². The zero-order valence-electron chi connectivity index (χ0n) is 9.84. The maximum absolute atomic E-state index is 13.1. The molecular weight excluding hydrogens is 298 g/mol. The molecule has 0 aliphatic rings. The van der Waals surface area contributed by atoms with Crippen LogP contribution in [-0.2, 0) is 6.18 Å². The summed E-state index contributed by atoms with van der Waals surface area (Å²) in [6, 6.07) is 6.29. The zero-order chi connectivity index (χ0) is 14.9. The molecule has 7 heteroatoms. The molecule has 0 bridgehead atoms. The van der Waals surface area contributed by atoms with Crippen LogP contribution in [-0.4, -0.2) is 0 Å². The molecule has 0 aliphatic heterocycles. The number of nitrogens with two attached hydrogens (primary N) is 1. The molecule has 0 saturated heterocycles. The first-order valence-electron chi connectivity index (χ1n) is 5.37. The summed E-state index contributed by atoms with van der Waals surface area (Å²) in [5, 5.41) is -0.235. The van der Waals surface area contributed by atoms with E-state index in [4.69, 9.17) is 22.1 Å². The van der Waals surface area contributed by atoms with Gasteiger partial charge in [-0.3, -0.25) is 0 Å². The second-order valence-corrected chi connectivity index (χ2v) is 4.34. The number of ether oxygens (including phenoxy) is 1. The summed E-state index contributed by atoms with van der Waals surface area (Å²) in [6.45, 7) is 0. The third-order valence-corrected chi connectivity index (χ3v) is 2.73. The third kappa shape index (κ3) is 3.14. The Morgan fingerprint density at radius 3 is 2.45 bits per heavy atom. The topological polar surface area (TPSA) is 35.2 Å². The SMILES string of the molecule is Nc1cc(F)c(Cl)cc1Oc1cccc(C(F)(F)F)c1. The Bertz CT molecular complexity index is 643.